The van der Waals surface area contributed by atoms with Crippen molar-refractivity contribution in [3.05, 3.63) is 72.6 Å². The zero-order valence-corrected chi connectivity index (χ0v) is 17.3. The molecule has 1 amide bonds. The molecule has 7 nitrogen and oxygen atoms in total. The molecule has 2 heterocycles. The highest BCUT2D eigenvalue weighted by molar-refractivity contribution is 7.99. The monoisotopic (exact) mass is 468 g/mol. The zero-order valence-electron chi connectivity index (χ0n) is 15.6. The quantitative estimate of drug-likeness (QED) is 0.548. The standard InChI is InChI=1S/C19H15F3N4O3S2/c20-19(21,22)12-25-18(27)13-4-3-5-15(10-13)31(28,29)26-14-7-9-24-17(11-14)30-16-6-1-2-8-23-16/h1-11H,12H2,(H,24,26)(H,25,27). The van der Waals surface area contributed by atoms with Crippen LogP contribution in [0.3, 0.4) is 0 Å². The number of aromatic nitrogens is 2. The molecule has 0 saturated heterocycles. The van der Waals surface area contributed by atoms with E-state index in [1.165, 1.54) is 48.3 Å². The lowest BCUT2D eigenvalue weighted by molar-refractivity contribution is -0.123. The molecule has 3 rings (SSSR count). The van der Waals surface area contributed by atoms with E-state index in [0.717, 1.165) is 6.07 Å². The highest BCUT2D eigenvalue weighted by atomic mass is 32.2. The molecule has 2 aromatic heterocycles. The van der Waals surface area contributed by atoms with Gasteiger partial charge in [-0.25, -0.2) is 18.4 Å². The third-order valence-corrected chi connectivity index (χ3v) is 5.95. The lowest BCUT2D eigenvalue weighted by atomic mass is 10.2. The summed E-state index contributed by atoms with van der Waals surface area (Å²) in [4.78, 5) is 19.9. The van der Waals surface area contributed by atoms with Gasteiger partial charge in [-0.2, -0.15) is 13.2 Å². The van der Waals surface area contributed by atoms with Gasteiger partial charge in [0.05, 0.1) is 10.6 Å². The van der Waals surface area contributed by atoms with Crippen LogP contribution in [0.25, 0.3) is 0 Å². The molecule has 0 bridgehead atoms. The van der Waals surface area contributed by atoms with Crippen LogP contribution in [0.5, 0.6) is 0 Å². The number of carbonyl (C=O) groups is 1. The number of nitrogens with one attached hydrogen (secondary N) is 2. The highest BCUT2D eigenvalue weighted by Gasteiger charge is 2.28. The molecule has 0 fully saturated rings. The number of rotatable bonds is 7. The first-order valence-electron chi connectivity index (χ1n) is 8.65. The van der Waals surface area contributed by atoms with E-state index >= 15 is 0 Å². The van der Waals surface area contributed by atoms with Crippen molar-refractivity contribution < 1.29 is 26.4 Å². The van der Waals surface area contributed by atoms with Gasteiger partial charge in [0.15, 0.2) is 0 Å². The van der Waals surface area contributed by atoms with E-state index in [0.29, 0.717) is 10.1 Å². The predicted octanol–water partition coefficient (Wildman–Crippen LogP) is 3.72. The van der Waals surface area contributed by atoms with E-state index in [2.05, 4.69) is 14.7 Å². The minimum atomic E-state index is -4.58. The molecule has 2 N–H and O–H groups in total. The third-order valence-electron chi connectivity index (χ3n) is 3.69. The normalized spacial score (nSPS) is 11.7. The molecule has 162 valence electrons. The molecule has 1 aromatic carbocycles. The average Bonchev–Trinajstić information content (AvgIpc) is 2.72. The number of sulfonamides is 1. The van der Waals surface area contributed by atoms with Gasteiger partial charge in [0.25, 0.3) is 15.9 Å². The van der Waals surface area contributed by atoms with Crippen LogP contribution < -0.4 is 10.0 Å². The fourth-order valence-corrected chi connectivity index (χ4v) is 4.21. The summed E-state index contributed by atoms with van der Waals surface area (Å²) in [6.45, 7) is -1.52. The minimum absolute atomic E-state index is 0.215. The van der Waals surface area contributed by atoms with Crippen molar-refractivity contribution in [2.75, 3.05) is 11.3 Å². The molecule has 31 heavy (non-hydrogen) atoms. The van der Waals surface area contributed by atoms with Crippen LogP contribution in [0.1, 0.15) is 10.4 Å². The van der Waals surface area contributed by atoms with Gasteiger partial charge in [0.2, 0.25) is 0 Å². The summed E-state index contributed by atoms with van der Waals surface area (Å²) in [6.07, 6.45) is -1.54. The molecule has 0 aliphatic heterocycles. The third kappa shape index (κ3) is 6.69. The molecule has 0 unspecified atom stereocenters. The summed E-state index contributed by atoms with van der Waals surface area (Å²) < 4.78 is 64.6. The Morgan fingerprint density at radius 2 is 1.74 bits per heavy atom. The molecule has 3 aromatic rings. The van der Waals surface area contributed by atoms with E-state index in [1.54, 1.807) is 29.7 Å². The van der Waals surface area contributed by atoms with Crippen molar-refractivity contribution in [1.82, 2.24) is 15.3 Å². The van der Waals surface area contributed by atoms with Crippen molar-refractivity contribution >= 4 is 33.4 Å². The molecule has 0 saturated carbocycles. The van der Waals surface area contributed by atoms with E-state index in [-0.39, 0.29) is 16.1 Å². The Kier molecular flexibility index (Phi) is 6.81. The second-order valence-electron chi connectivity index (χ2n) is 6.08. The summed E-state index contributed by atoms with van der Waals surface area (Å²) in [7, 11) is -4.11. The number of carbonyl (C=O) groups excluding carboxylic acids is 1. The Labute approximate surface area is 180 Å². The van der Waals surface area contributed by atoms with Crippen molar-refractivity contribution in [2.24, 2.45) is 0 Å². The van der Waals surface area contributed by atoms with Crippen molar-refractivity contribution in [3.8, 4) is 0 Å². The second kappa shape index (κ2) is 9.35. The molecular formula is C19H15F3N4O3S2. The smallest absolute Gasteiger partial charge is 0.343 e. The topological polar surface area (TPSA) is 101 Å². The maximum absolute atomic E-state index is 12.7. The molecular weight excluding hydrogens is 453 g/mol. The first-order chi connectivity index (χ1) is 14.6. The summed E-state index contributed by atoms with van der Waals surface area (Å²) in [5.74, 6) is -1.03. The Bertz CT molecular complexity index is 1170. The van der Waals surface area contributed by atoms with Gasteiger partial charge >= 0.3 is 6.18 Å². The molecule has 0 atom stereocenters. The van der Waals surface area contributed by atoms with Crippen LogP contribution in [0.2, 0.25) is 0 Å². The van der Waals surface area contributed by atoms with E-state index in [1.807, 2.05) is 0 Å². The number of nitrogens with zero attached hydrogens (tertiary/aromatic N) is 2. The molecule has 12 heteroatoms. The first-order valence-corrected chi connectivity index (χ1v) is 11.0. The van der Waals surface area contributed by atoms with E-state index in [9.17, 15) is 26.4 Å². The summed E-state index contributed by atoms with van der Waals surface area (Å²) in [6, 6.07) is 13.0. The van der Waals surface area contributed by atoms with Crippen LogP contribution in [0, 0.1) is 0 Å². The lowest BCUT2D eigenvalue weighted by Crippen LogP contribution is -2.33. The number of benzene rings is 1. The zero-order chi connectivity index (χ0) is 22.5. The van der Waals surface area contributed by atoms with Gasteiger partial charge in [-0.3, -0.25) is 9.52 Å². The van der Waals surface area contributed by atoms with Crippen molar-refractivity contribution in [3.63, 3.8) is 0 Å². The fraction of sp³-hybridized carbons (Fsp3) is 0.105. The van der Waals surface area contributed by atoms with Crippen LogP contribution in [0.4, 0.5) is 18.9 Å². The Hall–Kier alpha value is -3.12. The van der Waals surface area contributed by atoms with Gasteiger partial charge in [-0.05, 0) is 42.5 Å². The minimum Gasteiger partial charge on any atom is -0.343 e. The van der Waals surface area contributed by atoms with E-state index in [4.69, 9.17) is 0 Å². The number of hydrogen-bond donors (Lipinski definition) is 2. The van der Waals surface area contributed by atoms with Gasteiger partial charge in [0.1, 0.15) is 16.6 Å². The van der Waals surface area contributed by atoms with E-state index < -0.39 is 28.7 Å². The van der Waals surface area contributed by atoms with Crippen LogP contribution in [0.15, 0.2) is 81.9 Å². The highest BCUT2D eigenvalue weighted by Crippen LogP contribution is 2.26. The maximum atomic E-state index is 12.7. The van der Waals surface area contributed by atoms with Gasteiger partial charge in [-0.1, -0.05) is 23.9 Å². The molecule has 0 radical (unpaired) electrons. The van der Waals surface area contributed by atoms with Gasteiger partial charge in [-0.15, -0.1) is 0 Å². The maximum Gasteiger partial charge on any atom is 0.405 e. The SMILES string of the molecule is O=C(NCC(F)(F)F)c1cccc(S(=O)(=O)Nc2ccnc(Sc3ccccn3)c2)c1. The number of hydrogen-bond acceptors (Lipinski definition) is 6. The average molecular weight is 468 g/mol. The van der Waals surface area contributed by atoms with Crippen LogP contribution in [-0.2, 0) is 10.0 Å². The number of anilines is 1. The molecule has 0 spiro atoms. The predicted molar refractivity (Wildman–Crippen MR) is 108 cm³/mol. The molecule has 0 aliphatic rings. The number of pyridine rings is 2. The number of alkyl halides is 3. The fourth-order valence-electron chi connectivity index (χ4n) is 2.34. The first kappa shape index (κ1) is 22.6. The van der Waals surface area contributed by atoms with Gasteiger partial charge in [0, 0.05) is 18.0 Å². The Morgan fingerprint density at radius 3 is 2.45 bits per heavy atom. The van der Waals surface area contributed by atoms with Crippen molar-refractivity contribution in [2.45, 2.75) is 21.1 Å². The van der Waals surface area contributed by atoms with Gasteiger partial charge < -0.3 is 5.32 Å². The van der Waals surface area contributed by atoms with Crippen LogP contribution >= 0.6 is 11.8 Å². The largest absolute Gasteiger partial charge is 0.405 e. The van der Waals surface area contributed by atoms with Crippen LogP contribution in [-0.4, -0.2) is 37.0 Å². The second-order valence-corrected chi connectivity index (χ2v) is 8.81. The number of halogens is 3. The number of amides is 1. The Balaban J connectivity index is 1.75. The molecule has 0 aliphatic carbocycles. The summed E-state index contributed by atoms with van der Waals surface area (Å²) >= 11 is 1.24. The lowest BCUT2D eigenvalue weighted by Gasteiger charge is -2.11. The van der Waals surface area contributed by atoms with Crippen molar-refractivity contribution in [1.29, 1.82) is 0 Å². The summed E-state index contributed by atoms with van der Waals surface area (Å²) in [5.41, 5.74) is 0.00797. The summed E-state index contributed by atoms with van der Waals surface area (Å²) in [5, 5.41) is 2.87. The Morgan fingerprint density at radius 1 is 0.968 bits per heavy atom.